The average molecular weight is 471 g/mol. The molecule has 0 radical (unpaired) electrons. The molecule has 0 bridgehead atoms. The zero-order chi connectivity index (χ0) is 23.3. The van der Waals surface area contributed by atoms with Crippen LogP contribution in [0.25, 0.3) is 5.57 Å². The third-order valence-electron chi connectivity index (χ3n) is 6.07. The van der Waals surface area contributed by atoms with E-state index in [9.17, 15) is 5.26 Å². The van der Waals surface area contributed by atoms with Gasteiger partial charge in [-0.25, -0.2) is 4.99 Å². The lowest BCUT2D eigenvalue weighted by Crippen LogP contribution is -2.43. The topological polar surface area (TPSA) is 86.4 Å². The fourth-order valence-corrected chi connectivity index (χ4v) is 4.57. The van der Waals surface area contributed by atoms with Crippen molar-refractivity contribution in [2.75, 3.05) is 13.1 Å². The molecular weight excluding hydrogens is 448 g/mol. The second kappa shape index (κ2) is 9.94. The lowest BCUT2D eigenvalue weighted by molar-refractivity contribution is 0.307. The minimum absolute atomic E-state index is 0.456. The van der Waals surface area contributed by atoms with Gasteiger partial charge in [0.1, 0.15) is 12.4 Å². The van der Waals surface area contributed by atoms with Crippen molar-refractivity contribution in [3.63, 3.8) is 0 Å². The molecule has 2 aliphatic rings. The van der Waals surface area contributed by atoms with Crippen LogP contribution >= 0.6 is 11.6 Å². The zero-order valence-electron chi connectivity index (χ0n) is 18.5. The number of benzene rings is 1. The summed E-state index contributed by atoms with van der Waals surface area (Å²) in [6.45, 7) is 2.43. The smallest absolute Gasteiger partial charge is 0.207 e. The number of hydrogen-bond donors (Lipinski definition) is 1. The molecule has 0 saturated carbocycles. The lowest BCUT2D eigenvalue weighted by atomic mass is 9.89. The van der Waals surface area contributed by atoms with Crippen LogP contribution in [0.3, 0.4) is 0 Å². The molecule has 2 aromatic heterocycles. The molecule has 0 amide bonds. The zero-order valence-corrected chi connectivity index (χ0v) is 19.3. The fourth-order valence-electron chi connectivity index (χ4n) is 4.40. The van der Waals surface area contributed by atoms with E-state index in [1.165, 1.54) is 5.57 Å². The Morgan fingerprint density at radius 2 is 1.97 bits per heavy atom. The number of hydrogen-bond acceptors (Lipinski definition) is 5. The van der Waals surface area contributed by atoms with Crippen molar-refractivity contribution in [1.29, 1.82) is 5.26 Å². The maximum absolute atomic E-state index is 9.27. The molecule has 5 rings (SSSR count). The number of nitriles is 1. The molecule has 0 atom stereocenters. The molecule has 0 spiro atoms. The third kappa shape index (κ3) is 4.59. The Morgan fingerprint density at radius 1 is 1.15 bits per heavy atom. The number of piperidine rings is 1. The van der Waals surface area contributed by atoms with E-state index < -0.39 is 0 Å². The van der Waals surface area contributed by atoms with Gasteiger partial charge in [0, 0.05) is 53.4 Å². The van der Waals surface area contributed by atoms with Gasteiger partial charge in [-0.3, -0.25) is 15.3 Å². The van der Waals surface area contributed by atoms with E-state index >= 15 is 0 Å². The molecule has 1 fully saturated rings. The van der Waals surface area contributed by atoms with Gasteiger partial charge in [-0.1, -0.05) is 23.2 Å². The minimum Gasteiger partial charge on any atom is -0.488 e. The highest BCUT2D eigenvalue weighted by Crippen LogP contribution is 2.41. The fraction of sp³-hybridized carbons (Fsp3) is 0.231. The van der Waals surface area contributed by atoms with Crippen molar-refractivity contribution in [2.45, 2.75) is 26.0 Å². The monoisotopic (exact) mass is 470 g/mol. The lowest BCUT2D eigenvalue weighted by Gasteiger charge is -2.31. The summed E-state index contributed by atoms with van der Waals surface area (Å²) in [7, 11) is 0. The van der Waals surface area contributed by atoms with Crippen LogP contribution in [-0.4, -0.2) is 33.9 Å². The molecule has 170 valence electrons. The summed E-state index contributed by atoms with van der Waals surface area (Å²) in [6.07, 6.45) is 9.01. The van der Waals surface area contributed by atoms with Crippen molar-refractivity contribution in [3.8, 4) is 11.9 Å². The number of rotatable bonds is 2. The number of nitrogens with zero attached hydrogens (tertiary/aromatic N) is 5. The molecule has 3 aromatic rings. The first-order valence-corrected chi connectivity index (χ1v) is 11.5. The molecule has 1 aromatic carbocycles. The highest BCUT2D eigenvalue weighted by atomic mass is 35.5. The minimum atomic E-state index is 0.456. The van der Waals surface area contributed by atoms with Crippen molar-refractivity contribution in [1.82, 2.24) is 20.2 Å². The Bertz CT molecular complexity index is 1290. The Kier molecular flexibility index (Phi) is 6.41. The number of ether oxygens (including phenoxy) is 1. The van der Waals surface area contributed by atoms with Crippen LogP contribution in [0.1, 0.15) is 35.2 Å². The number of halogens is 1. The first-order valence-electron chi connectivity index (χ1n) is 11.2. The predicted molar refractivity (Wildman–Crippen MR) is 131 cm³/mol. The first kappa shape index (κ1) is 21.9. The Hall–Kier alpha value is -3.89. The number of pyridine rings is 2. The van der Waals surface area contributed by atoms with Crippen LogP contribution in [0.4, 0.5) is 0 Å². The molecule has 34 heavy (non-hydrogen) atoms. The second-order valence-corrected chi connectivity index (χ2v) is 8.57. The van der Waals surface area contributed by atoms with Crippen LogP contribution in [0, 0.1) is 11.5 Å². The van der Waals surface area contributed by atoms with E-state index in [4.69, 9.17) is 21.3 Å². The van der Waals surface area contributed by atoms with E-state index in [1.807, 2.05) is 48.8 Å². The van der Waals surface area contributed by atoms with Crippen LogP contribution < -0.4 is 10.1 Å². The summed E-state index contributed by atoms with van der Waals surface area (Å²) in [5.74, 6) is 1.37. The number of nitrogens with one attached hydrogen (secondary N) is 1. The normalized spacial score (nSPS) is 15.5. The number of aliphatic imine (C=N–C) groups is 1. The van der Waals surface area contributed by atoms with Gasteiger partial charge >= 0.3 is 0 Å². The second-order valence-electron chi connectivity index (χ2n) is 8.14. The van der Waals surface area contributed by atoms with Crippen LogP contribution in [0.15, 0.2) is 71.6 Å². The largest absolute Gasteiger partial charge is 0.488 e. The average Bonchev–Trinajstić information content (AvgIpc) is 3.04. The predicted octanol–water partition coefficient (Wildman–Crippen LogP) is 4.55. The standard InChI is InChI=1S/C26H23ClN6O/c27-21-3-4-22-23(14-21)34-16-20-2-1-9-30-25(20)24(22)19-7-12-33(13-8-19)26(32-17-28)31-15-18-5-10-29-11-6-18/h1-6,9-11,14H,7-8,12-13,15-16H2,(H,31,32). The van der Waals surface area contributed by atoms with Crippen LogP contribution in [0.2, 0.25) is 5.02 Å². The van der Waals surface area contributed by atoms with E-state index in [2.05, 4.69) is 26.3 Å². The van der Waals surface area contributed by atoms with Gasteiger partial charge in [-0.15, -0.1) is 0 Å². The summed E-state index contributed by atoms with van der Waals surface area (Å²) >= 11 is 6.26. The highest BCUT2D eigenvalue weighted by Gasteiger charge is 2.26. The maximum Gasteiger partial charge on any atom is 0.207 e. The molecule has 7 nitrogen and oxygen atoms in total. The van der Waals surface area contributed by atoms with E-state index in [1.54, 1.807) is 12.4 Å². The van der Waals surface area contributed by atoms with Crippen LogP contribution in [0.5, 0.6) is 5.75 Å². The van der Waals surface area contributed by atoms with Crippen molar-refractivity contribution in [2.24, 2.45) is 4.99 Å². The van der Waals surface area contributed by atoms with Gasteiger partial charge in [0.25, 0.3) is 0 Å². The van der Waals surface area contributed by atoms with E-state index in [-0.39, 0.29) is 0 Å². The van der Waals surface area contributed by atoms with Gasteiger partial charge in [0.2, 0.25) is 5.96 Å². The summed E-state index contributed by atoms with van der Waals surface area (Å²) in [5.41, 5.74) is 6.54. The Labute approximate surface area is 203 Å². The van der Waals surface area contributed by atoms with Gasteiger partial charge in [-0.05, 0) is 54.8 Å². The highest BCUT2D eigenvalue weighted by molar-refractivity contribution is 6.30. The van der Waals surface area contributed by atoms with E-state index in [0.717, 1.165) is 59.6 Å². The summed E-state index contributed by atoms with van der Waals surface area (Å²) in [6, 6.07) is 13.6. The maximum atomic E-state index is 9.27. The molecule has 0 unspecified atom stereocenters. The quantitative estimate of drug-likeness (QED) is 0.256. The Balaban J connectivity index is 1.45. The van der Waals surface area contributed by atoms with Gasteiger partial charge in [-0.2, -0.15) is 5.26 Å². The van der Waals surface area contributed by atoms with Crippen molar-refractivity contribution < 1.29 is 4.74 Å². The SMILES string of the molecule is N#CN/C(=N\Cc1ccncc1)N1CCC(=C2c3ccc(Cl)cc3OCc3cccnc32)CC1. The molecule has 0 aliphatic carbocycles. The summed E-state index contributed by atoms with van der Waals surface area (Å²) < 4.78 is 6.10. The molecule has 8 heteroatoms. The number of aromatic nitrogens is 2. The number of guanidine groups is 1. The molecule has 1 saturated heterocycles. The number of likely N-dealkylation sites (tertiary alicyclic amines) is 1. The van der Waals surface area contributed by atoms with E-state index in [0.29, 0.717) is 24.1 Å². The van der Waals surface area contributed by atoms with Crippen molar-refractivity contribution in [3.05, 3.63) is 94.0 Å². The van der Waals surface area contributed by atoms with Gasteiger partial charge in [0.05, 0.1) is 12.2 Å². The number of fused-ring (bicyclic) bond motifs is 2. The molecular formula is C26H23ClN6O. The summed E-state index contributed by atoms with van der Waals surface area (Å²) in [4.78, 5) is 15.6. The Morgan fingerprint density at radius 3 is 2.76 bits per heavy atom. The van der Waals surface area contributed by atoms with Crippen LogP contribution in [-0.2, 0) is 13.2 Å². The molecule has 1 N–H and O–H groups in total. The van der Waals surface area contributed by atoms with Gasteiger partial charge < -0.3 is 9.64 Å². The first-order chi connectivity index (χ1) is 16.7. The van der Waals surface area contributed by atoms with Gasteiger partial charge in [0.15, 0.2) is 6.19 Å². The molecule has 2 aliphatic heterocycles. The van der Waals surface area contributed by atoms with Crippen molar-refractivity contribution >= 4 is 23.1 Å². The third-order valence-corrected chi connectivity index (χ3v) is 6.31. The summed E-state index contributed by atoms with van der Waals surface area (Å²) in [5, 5.41) is 12.7. The molecule has 4 heterocycles.